The van der Waals surface area contributed by atoms with E-state index >= 15 is 0 Å². The van der Waals surface area contributed by atoms with E-state index in [0.29, 0.717) is 22.8 Å². The van der Waals surface area contributed by atoms with Crippen molar-refractivity contribution >= 4 is 33.0 Å². The van der Waals surface area contributed by atoms with Crippen LogP contribution in [0.15, 0.2) is 34.1 Å². The van der Waals surface area contributed by atoms with Crippen LogP contribution in [0, 0.1) is 0 Å². The van der Waals surface area contributed by atoms with E-state index in [-0.39, 0.29) is 5.78 Å². The second kappa shape index (κ2) is 6.21. The van der Waals surface area contributed by atoms with Crippen LogP contribution in [0.1, 0.15) is 15.2 Å². The summed E-state index contributed by atoms with van der Waals surface area (Å²) in [4.78, 5) is 12.9. The lowest BCUT2D eigenvalue weighted by molar-refractivity contribution is 0.0993. The fraction of sp³-hybridized carbons (Fsp3) is 0.214. The van der Waals surface area contributed by atoms with Crippen LogP contribution in [-0.2, 0) is 6.42 Å². The molecule has 0 fully saturated rings. The first-order valence-electron chi connectivity index (χ1n) is 5.62. The molecule has 100 valence electrons. The minimum absolute atomic E-state index is 0.0308. The SMILES string of the molecule is COc1ccc(Br)cc1CC(=O)c1sccc1OC. The first-order chi connectivity index (χ1) is 9.15. The highest BCUT2D eigenvalue weighted by atomic mass is 79.9. The standard InChI is InChI=1S/C14H13BrO3S/c1-17-12-4-3-10(15)7-9(12)8-11(16)14-13(18-2)5-6-19-14/h3-7H,8H2,1-2H3. The van der Waals surface area contributed by atoms with Crippen molar-refractivity contribution in [3.63, 3.8) is 0 Å². The molecule has 2 rings (SSSR count). The molecule has 0 N–H and O–H groups in total. The van der Waals surface area contributed by atoms with Gasteiger partial charge in [-0.2, -0.15) is 0 Å². The van der Waals surface area contributed by atoms with E-state index in [1.807, 2.05) is 23.6 Å². The molecule has 0 spiro atoms. The second-order valence-corrected chi connectivity index (χ2v) is 5.71. The van der Waals surface area contributed by atoms with Crippen LogP contribution >= 0.6 is 27.3 Å². The van der Waals surface area contributed by atoms with Gasteiger partial charge in [0, 0.05) is 16.5 Å². The van der Waals surface area contributed by atoms with Crippen molar-refractivity contribution in [3.8, 4) is 11.5 Å². The molecule has 1 heterocycles. The molecule has 1 aromatic carbocycles. The Morgan fingerprint density at radius 3 is 2.63 bits per heavy atom. The number of ketones is 1. The van der Waals surface area contributed by atoms with Crippen molar-refractivity contribution < 1.29 is 14.3 Å². The zero-order valence-corrected chi connectivity index (χ0v) is 13.0. The maximum Gasteiger partial charge on any atom is 0.181 e. The Morgan fingerprint density at radius 1 is 1.21 bits per heavy atom. The number of halogens is 1. The van der Waals surface area contributed by atoms with Gasteiger partial charge in [-0.3, -0.25) is 4.79 Å². The Hall–Kier alpha value is -1.33. The number of carbonyl (C=O) groups excluding carboxylic acids is 1. The van der Waals surface area contributed by atoms with Crippen molar-refractivity contribution in [2.75, 3.05) is 14.2 Å². The van der Waals surface area contributed by atoms with Gasteiger partial charge in [-0.05, 0) is 29.6 Å². The summed E-state index contributed by atoms with van der Waals surface area (Å²) in [5.74, 6) is 1.37. The van der Waals surface area contributed by atoms with E-state index in [2.05, 4.69) is 15.9 Å². The largest absolute Gasteiger partial charge is 0.496 e. The van der Waals surface area contributed by atoms with E-state index < -0.39 is 0 Å². The van der Waals surface area contributed by atoms with Gasteiger partial charge in [-0.1, -0.05) is 15.9 Å². The molecule has 2 aromatic rings. The summed E-state index contributed by atoms with van der Waals surface area (Å²) in [7, 11) is 3.17. The minimum atomic E-state index is 0.0308. The summed E-state index contributed by atoms with van der Waals surface area (Å²) in [6.07, 6.45) is 0.291. The minimum Gasteiger partial charge on any atom is -0.496 e. The average Bonchev–Trinajstić information content (AvgIpc) is 2.87. The molecular weight excluding hydrogens is 328 g/mol. The Morgan fingerprint density at radius 2 is 1.95 bits per heavy atom. The van der Waals surface area contributed by atoms with Crippen LogP contribution in [0.3, 0.4) is 0 Å². The quantitative estimate of drug-likeness (QED) is 0.773. The van der Waals surface area contributed by atoms with Crippen LogP contribution < -0.4 is 9.47 Å². The smallest absolute Gasteiger partial charge is 0.181 e. The summed E-state index contributed by atoms with van der Waals surface area (Å²) in [6.45, 7) is 0. The summed E-state index contributed by atoms with van der Waals surface area (Å²) in [6, 6.07) is 7.43. The van der Waals surface area contributed by atoms with E-state index in [9.17, 15) is 4.79 Å². The van der Waals surface area contributed by atoms with Gasteiger partial charge in [0.15, 0.2) is 5.78 Å². The highest BCUT2D eigenvalue weighted by molar-refractivity contribution is 9.10. The maximum atomic E-state index is 12.3. The Balaban J connectivity index is 2.26. The van der Waals surface area contributed by atoms with Gasteiger partial charge in [0.05, 0.1) is 14.2 Å². The predicted octanol–water partition coefficient (Wildman–Crippen LogP) is 3.95. The lowest BCUT2D eigenvalue weighted by Gasteiger charge is -2.08. The Kier molecular flexibility index (Phi) is 4.61. The van der Waals surface area contributed by atoms with Gasteiger partial charge in [0.25, 0.3) is 0 Å². The first-order valence-corrected chi connectivity index (χ1v) is 7.30. The molecule has 1 aromatic heterocycles. The molecule has 0 radical (unpaired) electrons. The number of hydrogen-bond acceptors (Lipinski definition) is 4. The molecule has 0 aliphatic carbocycles. The Bertz CT molecular complexity index is 592. The van der Waals surface area contributed by atoms with Gasteiger partial charge < -0.3 is 9.47 Å². The number of Topliss-reactive ketones (excluding diaryl/α,β-unsaturated/α-hetero) is 1. The van der Waals surface area contributed by atoms with Crippen LogP contribution in [0.25, 0.3) is 0 Å². The van der Waals surface area contributed by atoms with Crippen molar-refractivity contribution in [1.82, 2.24) is 0 Å². The third-order valence-corrected chi connectivity index (χ3v) is 4.13. The highest BCUT2D eigenvalue weighted by Gasteiger charge is 2.16. The summed E-state index contributed by atoms with van der Waals surface area (Å²) in [5.41, 5.74) is 0.859. The van der Waals surface area contributed by atoms with Crippen LogP contribution in [0.5, 0.6) is 11.5 Å². The number of thiophene rings is 1. The van der Waals surface area contributed by atoms with E-state index in [4.69, 9.17) is 9.47 Å². The zero-order chi connectivity index (χ0) is 13.8. The molecule has 0 aliphatic heterocycles. The molecular formula is C14H13BrO3S. The van der Waals surface area contributed by atoms with E-state index in [0.717, 1.165) is 10.0 Å². The lowest BCUT2D eigenvalue weighted by atomic mass is 10.1. The molecule has 5 heteroatoms. The van der Waals surface area contributed by atoms with Crippen molar-refractivity contribution in [3.05, 3.63) is 44.6 Å². The monoisotopic (exact) mass is 340 g/mol. The molecule has 3 nitrogen and oxygen atoms in total. The number of rotatable bonds is 5. The lowest BCUT2D eigenvalue weighted by Crippen LogP contribution is -2.04. The van der Waals surface area contributed by atoms with Gasteiger partial charge in [-0.15, -0.1) is 11.3 Å². The number of methoxy groups -OCH3 is 2. The number of carbonyl (C=O) groups is 1. The molecule has 0 amide bonds. The molecule has 0 atom stereocenters. The fourth-order valence-electron chi connectivity index (χ4n) is 1.80. The summed E-state index contributed by atoms with van der Waals surface area (Å²) < 4.78 is 11.4. The molecule has 0 bridgehead atoms. The van der Waals surface area contributed by atoms with Gasteiger partial charge in [-0.25, -0.2) is 0 Å². The Labute approximate surface area is 124 Å². The third-order valence-electron chi connectivity index (χ3n) is 2.70. The first kappa shape index (κ1) is 14.1. The number of hydrogen-bond donors (Lipinski definition) is 0. The molecule has 0 saturated heterocycles. The molecule has 0 aliphatic rings. The van der Waals surface area contributed by atoms with Gasteiger partial charge in [0.2, 0.25) is 0 Å². The third kappa shape index (κ3) is 3.16. The average molecular weight is 341 g/mol. The fourth-order valence-corrected chi connectivity index (χ4v) is 3.01. The molecule has 0 saturated carbocycles. The van der Waals surface area contributed by atoms with Gasteiger partial charge in [0.1, 0.15) is 16.4 Å². The summed E-state index contributed by atoms with van der Waals surface area (Å²) >= 11 is 4.80. The maximum absolute atomic E-state index is 12.3. The number of ether oxygens (including phenoxy) is 2. The van der Waals surface area contributed by atoms with E-state index in [1.165, 1.54) is 11.3 Å². The van der Waals surface area contributed by atoms with Crippen LogP contribution in [-0.4, -0.2) is 20.0 Å². The molecule has 19 heavy (non-hydrogen) atoms. The number of benzene rings is 1. The second-order valence-electron chi connectivity index (χ2n) is 3.87. The van der Waals surface area contributed by atoms with Gasteiger partial charge >= 0.3 is 0 Å². The van der Waals surface area contributed by atoms with Crippen LogP contribution in [0.4, 0.5) is 0 Å². The van der Waals surface area contributed by atoms with Crippen molar-refractivity contribution in [2.24, 2.45) is 0 Å². The zero-order valence-electron chi connectivity index (χ0n) is 10.6. The molecule has 0 unspecified atom stereocenters. The normalized spacial score (nSPS) is 10.3. The summed E-state index contributed by atoms with van der Waals surface area (Å²) in [5, 5.41) is 1.85. The van der Waals surface area contributed by atoms with Crippen molar-refractivity contribution in [1.29, 1.82) is 0 Å². The topological polar surface area (TPSA) is 35.5 Å². The highest BCUT2D eigenvalue weighted by Crippen LogP contribution is 2.29. The predicted molar refractivity (Wildman–Crippen MR) is 79.6 cm³/mol. The van der Waals surface area contributed by atoms with E-state index in [1.54, 1.807) is 20.3 Å². The van der Waals surface area contributed by atoms with Crippen LogP contribution in [0.2, 0.25) is 0 Å². The van der Waals surface area contributed by atoms with Crippen molar-refractivity contribution in [2.45, 2.75) is 6.42 Å².